The summed E-state index contributed by atoms with van der Waals surface area (Å²) in [6, 6.07) is -0.972. The van der Waals surface area contributed by atoms with Gasteiger partial charge in [-0.2, -0.15) is 0 Å². The van der Waals surface area contributed by atoms with Crippen LogP contribution >= 0.6 is 0 Å². The maximum absolute atomic E-state index is 12.8. The van der Waals surface area contributed by atoms with Crippen LogP contribution in [0.25, 0.3) is 0 Å². The smallest absolute Gasteiger partial charge is 0.328 e. The van der Waals surface area contributed by atoms with Crippen LogP contribution < -0.4 is 5.32 Å². The molecule has 0 radical (unpaired) electrons. The second kappa shape index (κ2) is 6.03. The van der Waals surface area contributed by atoms with Crippen LogP contribution in [-0.4, -0.2) is 36.2 Å². The molecule has 4 fully saturated rings. The van der Waals surface area contributed by atoms with Crippen LogP contribution in [0.2, 0.25) is 0 Å². The molecule has 5 heteroatoms. The average molecular weight is 307 g/mol. The Hall–Kier alpha value is -1.36. The number of hydrogen-bond donors (Lipinski definition) is 2. The predicted octanol–water partition coefficient (Wildman–Crippen LogP) is 1.97. The van der Waals surface area contributed by atoms with E-state index in [0.717, 1.165) is 19.3 Å². The van der Waals surface area contributed by atoms with E-state index in [-0.39, 0.29) is 24.5 Å². The minimum Gasteiger partial charge on any atom is -0.480 e. The van der Waals surface area contributed by atoms with E-state index < -0.39 is 12.0 Å². The number of amides is 1. The molecule has 1 amide bonds. The van der Waals surface area contributed by atoms with Crippen molar-refractivity contribution < 1.29 is 19.4 Å². The maximum Gasteiger partial charge on any atom is 0.328 e. The van der Waals surface area contributed by atoms with Gasteiger partial charge in [0, 0.05) is 5.41 Å². The summed E-state index contributed by atoms with van der Waals surface area (Å²) >= 11 is 0. The van der Waals surface area contributed by atoms with Crippen molar-refractivity contribution in [2.24, 2.45) is 23.2 Å². The molecule has 4 saturated carbocycles. The lowest BCUT2D eigenvalue weighted by molar-refractivity contribution is -0.152. The van der Waals surface area contributed by atoms with Gasteiger partial charge >= 0.3 is 5.97 Å². The number of carbonyl (C=O) groups is 2. The van der Waals surface area contributed by atoms with Crippen molar-refractivity contribution in [2.45, 2.75) is 44.6 Å². The van der Waals surface area contributed by atoms with Crippen LogP contribution in [-0.2, 0) is 14.3 Å². The topological polar surface area (TPSA) is 75.6 Å². The maximum atomic E-state index is 12.8. The number of carboxylic acid groups (broad SMARTS) is 1. The normalized spacial score (nSPS) is 36.8. The van der Waals surface area contributed by atoms with Gasteiger partial charge in [0.05, 0.1) is 13.2 Å². The van der Waals surface area contributed by atoms with Crippen molar-refractivity contribution in [1.82, 2.24) is 5.32 Å². The molecule has 1 atom stereocenters. The highest BCUT2D eigenvalue weighted by Crippen LogP contribution is 2.60. The number of carboxylic acids is 1. The zero-order valence-electron chi connectivity index (χ0n) is 12.9. The van der Waals surface area contributed by atoms with Crippen molar-refractivity contribution >= 4 is 11.9 Å². The Bertz CT molecular complexity index is 438. The molecule has 4 rings (SSSR count). The Morgan fingerprint density at radius 2 is 1.77 bits per heavy atom. The first-order valence-corrected chi connectivity index (χ1v) is 8.25. The molecular weight excluding hydrogens is 282 g/mol. The molecule has 5 nitrogen and oxygen atoms in total. The van der Waals surface area contributed by atoms with Crippen LogP contribution in [0, 0.1) is 23.2 Å². The Morgan fingerprint density at radius 3 is 2.23 bits per heavy atom. The van der Waals surface area contributed by atoms with E-state index in [4.69, 9.17) is 4.74 Å². The van der Waals surface area contributed by atoms with E-state index in [1.165, 1.54) is 19.3 Å². The molecule has 4 aliphatic carbocycles. The molecule has 0 saturated heterocycles. The van der Waals surface area contributed by atoms with Gasteiger partial charge in [0.2, 0.25) is 5.91 Å². The second-order valence-electron chi connectivity index (χ2n) is 7.39. The summed E-state index contributed by atoms with van der Waals surface area (Å²) in [7, 11) is 0. The minimum absolute atomic E-state index is 0.0144. The molecule has 0 heterocycles. The van der Waals surface area contributed by atoms with Crippen molar-refractivity contribution in [2.75, 3.05) is 13.2 Å². The monoisotopic (exact) mass is 307 g/mol. The van der Waals surface area contributed by atoms with Crippen molar-refractivity contribution in [3.05, 3.63) is 12.7 Å². The van der Waals surface area contributed by atoms with E-state index >= 15 is 0 Å². The van der Waals surface area contributed by atoms with E-state index in [1.54, 1.807) is 6.08 Å². The van der Waals surface area contributed by atoms with Gasteiger partial charge in [-0.3, -0.25) is 4.79 Å². The van der Waals surface area contributed by atoms with Gasteiger partial charge in [0.25, 0.3) is 0 Å². The van der Waals surface area contributed by atoms with Crippen LogP contribution in [0.4, 0.5) is 0 Å². The fourth-order valence-electron chi connectivity index (χ4n) is 5.14. The fourth-order valence-corrected chi connectivity index (χ4v) is 5.14. The molecule has 4 bridgehead atoms. The zero-order valence-corrected chi connectivity index (χ0v) is 12.9. The van der Waals surface area contributed by atoms with Crippen LogP contribution in [0.1, 0.15) is 38.5 Å². The predicted molar refractivity (Wildman–Crippen MR) is 81.2 cm³/mol. The van der Waals surface area contributed by atoms with Gasteiger partial charge in [-0.25, -0.2) is 4.79 Å². The Balaban J connectivity index is 1.65. The van der Waals surface area contributed by atoms with E-state index in [0.29, 0.717) is 17.8 Å². The molecule has 1 unspecified atom stereocenters. The van der Waals surface area contributed by atoms with E-state index in [2.05, 4.69) is 11.9 Å². The number of aliphatic carboxylic acids is 1. The van der Waals surface area contributed by atoms with Gasteiger partial charge < -0.3 is 15.2 Å². The molecule has 0 spiro atoms. The highest BCUT2D eigenvalue weighted by atomic mass is 16.5. The Kier molecular flexibility index (Phi) is 4.26. The fraction of sp³-hybridized carbons (Fsp3) is 0.765. The largest absolute Gasteiger partial charge is 0.480 e. The molecule has 2 N–H and O–H groups in total. The summed E-state index contributed by atoms with van der Waals surface area (Å²) in [5.74, 6) is 0.884. The van der Waals surface area contributed by atoms with E-state index in [1.807, 2.05) is 0 Å². The van der Waals surface area contributed by atoms with Gasteiger partial charge in [-0.1, -0.05) is 6.08 Å². The number of ether oxygens (including phenoxy) is 1. The SMILES string of the molecule is C=CCOCC(NC(=O)C12CC3CC(CC(C3)C1)C2)C(=O)O. The third-order valence-electron chi connectivity index (χ3n) is 5.64. The third-order valence-corrected chi connectivity index (χ3v) is 5.64. The van der Waals surface area contributed by atoms with Crippen LogP contribution in [0.15, 0.2) is 12.7 Å². The minimum atomic E-state index is -1.04. The molecular formula is C17H25NO4. The van der Waals surface area contributed by atoms with Gasteiger partial charge in [0.15, 0.2) is 6.04 Å². The first kappa shape index (κ1) is 15.5. The second-order valence-corrected chi connectivity index (χ2v) is 7.39. The quantitative estimate of drug-likeness (QED) is 0.557. The lowest BCUT2D eigenvalue weighted by Crippen LogP contribution is -2.57. The molecule has 0 aliphatic heterocycles. The van der Waals surface area contributed by atoms with Crippen molar-refractivity contribution in [3.8, 4) is 0 Å². The Morgan fingerprint density at radius 1 is 1.23 bits per heavy atom. The highest BCUT2D eigenvalue weighted by molar-refractivity contribution is 5.88. The first-order valence-electron chi connectivity index (χ1n) is 8.25. The molecule has 0 aromatic heterocycles. The number of nitrogens with one attached hydrogen (secondary N) is 1. The summed E-state index contributed by atoms with van der Waals surface area (Å²) in [6.07, 6.45) is 8.16. The van der Waals surface area contributed by atoms with E-state index in [9.17, 15) is 14.7 Å². The summed E-state index contributed by atoms with van der Waals surface area (Å²) in [5, 5.41) is 12.0. The third kappa shape index (κ3) is 2.91. The summed E-state index contributed by atoms with van der Waals surface area (Å²) < 4.78 is 5.21. The Labute approximate surface area is 131 Å². The standard InChI is InChI=1S/C17H25NO4/c1-2-3-22-10-14(15(19)20)18-16(21)17-7-11-4-12(8-17)6-13(5-11)9-17/h2,11-14H,1,3-10H2,(H,18,21)(H,19,20). The summed E-state index contributed by atoms with van der Waals surface area (Å²) in [6.45, 7) is 3.80. The van der Waals surface area contributed by atoms with Crippen LogP contribution in [0.3, 0.4) is 0 Å². The average Bonchev–Trinajstić information content (AvgIpc) is 2.44. The molecule has 0 aromatic carbocycles. The summed E-state index contributed by atoms with van der Waals surface area (Å²) in [4.78, 5) is 24.1. The molecule has 22 heavy (non-hydrogen) atoms. The van der Waals surface area contributed by atoms with Gasteiger partial charge in [-0.15, -0.1) is 6.58 Å². The molecule has 4 aliphatic rings. The lowest BCUT2D eigenvalue weighted by atomic mass is 9.49. The molecule has 122 valence electrons. The lowest BCUT2D eigenvalue weighted by Gasteiger charge is -2.55. The van der Waals surface area contributed by atoms with Crippen molar-refractivity contribution in [1.29, 1.82) is 0 Å². The van der Waals surface area contributed by atoms with Crippen molar-refractivity contribution in [3.63, 3.8) is 0 Å². The number of carbonyl (C=O) groups excluding carboxylic acids is 1. The summed E-state index contributed by atoms with van der Waals surface area (Å²) in [5.41, 5.74) is -0.319. The first-order chi connectivity index (χ1) is 10.5. The molecule has 0 aromatic rings. The van der Waals surface area contributed by atoms with Crippen LogP contribution in [0.5, 0.6) is 0 Å². The number of rotatable bonds is 7. The zero-order chi connectivity index (χ0) is 15.7. The highest BCUT2D eigenvalue weighted by Gasteiger charge is 2.54. The van der Waals surface area contributed by atoms with Gasteiger partial charge in [0.1, 0.15) is 0 Å². The number of hydrogen-bond acceptors (Lipinski definition) is 3. The van der Waals surface area contributed by atoms with Gasteiger partial charge in [-0.05, 0) is 56.3 Å².